The van der Waals surface area contributed by atoms with E-state index in [9.17, 15) is 5.11 Å². The van der Waals surface area contributed by atoms with Gasteiger partial charge in [-0.2, -0.15) is 0 Å². The molecule has 0 amide bonds. The van der Waals surface area contributed by atoms with Gasteiger partial charge in [0.05, 0.1) is 5.60 Å². The minimum atomic E-state index is -0.296. The first kappa shape index (κ1) is 10.0. The van der Waals surface area contributed by atoms with E-state index in [1.54, 1.807) is 0 Å². The fourth-order valence-electron chi connectivity index (χ4n) is 2.28. The number of hydrogen-bond donors (Lipinski definition) is 1. The lowest BCUT2D eigenvalue weighted by Crippen LogP contribution is -2.31. The van der Waals surface area contributed by atoms with Gasteiger partial charge in [-0.15, -0.1) is 0 Å². The molecule has 0 spiro atoms. The van der Waals surface area contributed by atoms with Crippen LogP contribution >= 0.6 is 0 Å². The van der Waals surface area contributed by atoms with Gasteiger partial charge in [0, 0.05) is 0 Å². The summed E-state index contributed by atoms with van der Waals surface area (Å²) in [4.78, 5) is 0. The van der Waals surface area contributed by atoms with Crippen LogP contribution in [0.3, 0.4) is 0 Å². The first-order valence-electron chi connectivity index (χ1n) is 5.41. The Hall–Kier alpha value is -0.0400. The van der Waals surface area contributed by atoms with Crippen LogP contribution in [0.25, 0.3) is 0 Å². The Morgan fingerprint density at radius 3 is 2.67 bits per heavy atom. The van der Waals surface area contributed by atoms with Crippen molar-refractivity contribution < 1.29 is 5.11 Å². The van der Waals surface area contributed by atoms with Crippen LogP contribution in [-0.2, 0) is 0 Å². The fraction of sp³-hybridized carbons (Fsp3) is 1.00. The predicted molar refractivity (Wildman–Crippen MR) is 52.1 cm³/mol. The van der Waals surface area contributed by atoms with Crippen LogP contribution in [0.1, 0.15) is 58.8 Å². The van der Waals surface area contributed by atoms with Gasteiger partial charge in [0.25, 0.3) is 0 Å². The Morgan fingerprint density at radius 2 is 2.17 bits per heavy atom. The van der Waals surface area contributed by atoms with E-state index in [4.69, 9.17) is 0 Å². The minimum absolute atomic E-state index is 0.296. The van der Waals surface area contributed by atoms with E-state index in [0.29, 0.717) is 5.92 Å². The van der Waals surface area contributed by atoms with Crippen LogP contribution in [0, 0.1) is 5.92 Å². The minimum Gasteiger partial charge on any atom is -0.390 e. The van der Waals surface area contributed by atoms with Crippen molar-refractivity contribution in [1.29, 1.82) is 0 Å². The molecule has 2 unspecified atom stereocenters. The fourth-order valence-corrected chi connectivity index (χ4v) is 2.28. The van der Waals surface area contributed by atoms with E-state index in [1.807, 2.05) is 0 Å². The molecule has 1 rings (SSSR count). The van der Waals surface area contributed by atoms with Crippen molar-refractivity contribution in [3.63, 3.8) is 0 Å². The zero-order valence-corrected chi connectivity index (χ0v) is 8.47. The quantitative estimate of drug-likeness (QED) is 0.643. The summed E-state index contributed by atoms with van der Waals surface area (Å²) >= 11 is 0. The zero-order valence-electron chi connectivity index (χ0n) is 8.47. The smallest absolute Gasteiger partial charge is 0.0673 e. The molecule has 72 valence electrons. The molecule has 0 radical (unpaired) electrons. The molecule has 0 aromatic rings. The number of rotatable bonds is 4. The molecule has 0 heterocycles. The maximum Gasteiger partial charge on any atom is 0.0673 e. The normalized spacial score (nSPS) is 35.8. The molecule has 0 aromatic heterocycles. The van der Waals surface area contributed by atoms with E-state index < -0.39 is 0 Å². The van der Waals surface area contributed by atoms with E-state index in [0.717, 1.165) is 12.8 Å². The summed E-state index contributed by atoms with van der Waals surface area (Å²) in [6.45, 7) is 4.40. The summed E-state index contributed by atoms with van der Waals surface area (Å²) < 4.78 is 0. The Bertz CT molecular complexity index is 133. The summed E-state index contributed by atoms with van der Waals surface area (Å²) in [7, 11) is 0. The molecule has 12 heavy (non-hydrogen) atoms. The highest BCUT2D eigenvalue weighted by molar-refractivity contribution is 4.89. The Morgan fingerprint density at radius 1 is 1.42 bits per heavy atom. The lowest BCUT2D eigenvalue weighted by Gasteiger charge is -2.27. The van der Waals surface area contributed by atoms with Gasteiger partial charge in [-0.3, -0.25) is 0 Å². The lowest BCUT2D eigenvalue weighted by molar-refractivity contribution is -0.00117. The average molecular weight is 170 g/mol. The van der Waals surface area contributed by atoms with Gasteiger partial charge in [-0.1, -0.05) is 39.5 Å². The maximum absolute atomic E-state index is 10.2. The molecule has 1 saturated carbocycles. The molecule has 1 heteroatoms. The summed E-state index contributed by atoms with van der Waals surface area (Å²) in [6.07, 6.45) is 8.25. The summed E-state index contributed by atoms with van der Waals surface area (Å²) in [6, 6.07) is 0. The predicted octanol–water partition coefficient (Wildman–Crippen LogP) is 3.12. The highest BCUT2D eigenvalue weighted by Gasteiger charge is 2.37. The van der Waals surface area contributed by atoms with E-state index in [2.05, 4.69) is 13.8 Å². The van der Waals surface area contributed by atoms with Crippen molar-refractivity contribution in [1.82, 2.24) is 0 Å². The third-order valence-corrected chi connectivity index (χ3v) is 3.38. The highest BCUT2D eigenvalue weighted by atomic mass is 16.3. The lowest BCUT2D eigenvalue weighted by atomic mass is 9.87. The van der Waals surface area contributed by atoms with Gasteiger partial charge in [0.15, 0.2) is 0 Å². The summed E-state index contributed by atoms with van der Waals surface area (Å²) in [5.41, 5.74) is -0.296. The van der Waals surface area contributed by atoms with Gasteiger partial charge < -0.3 is 5.11 Å². The monoisotopic (exact) mass is 170 g/mol. The second-order valence-electron chi connectivity index (χ2n) is 4.35. The number of aliphatic hydroxyl groups is 1. The molecule has 1 aliphatic rings. The van der Waals surface area contributed by atoms with E-state index >= 15 is 0 Å². The molecule has 0 aliphatic heterocycles. The number of hydrogen-bond acceptors (Lipinski definition) is 1. The molecule has 1 N–H and O–H groups in total. The van der Waals surface area contributed by atoms with Crippen molar-refractivity contribution in [3.05, 3.63) is 0 Å². The van der Waals surface area contributed by atoms with Crippen molar-refractivity contribution in [2.45, 2.75) is 64.4 Å². The molecule has 0 saturated heterocycles. The second-order valence-corrected chi connectivity index (χ2v) is 4.35. The zero-order chi connectivity index (χ0) is 9.03. The topological polar surface area (TPSA) is 20.2 Å². The first-order chi connectivity index (χ1) is 5.69. The number of unbranched alkanes of at least 4 members (excludes halogenated alkanes) is 2. The van der Waals surface area contributed by atoms with Gasteiger partial charge in [0.2, 0.25) is 0 Å². The van der Waals surface area contributed by atoms with Crippen molar-refractivity contribution in [2.24, 2.45) is 5.92 Å². The largest absolute Gasteiger partial charge is 0.390 e. The molecule has 1 fully saturated rings. The van der Waals surface area contributed by atoms with Gasteiger partial charge in [-0.25, -0.2) is 0 Å². The Labute approximate surface area is 76.2 Å². The Kier molecular flexibility index (Phi) is 3.57. The third-order valence-electron chi connectivity index (χ3n) is 3.38. The molecular formula is C11H22O. The van der Waals surface area contributed by atoms with E-state index in [1.165, 1.54) is 32.1 Å². The third kappa shape index (κ3) is 2.22. The van der Waals surface area contributed by atoms with Crippen LogP contribution in [0.5, 0.6) is 0 Å². The van der Waals surface area contributed by atoms with Crippen LogP contribution in [0.15, 0.2) is 0 Å². The van der Waals surface area contributed by atoms with Crippen LogP contribution in [0.2, 0.25) is 0 Å². The van der Waals surface area contributed by atoms with E-state index in [-0.39, 0.29) is 5.60 Å². The van der Waals surface area contributed by atoms with Gasteiger partial charge in [-0.05, 0) is 25.2 Å². The first-order valence-corrected chi connectivity index (χ1v) is 5.41. The summed E-state index contributed by atoms with van der Waals surface area (Å²) in [5, 5.41) is 10.2. The van der Waals surface area contributed by atoms with Crippen molar-refractivity contribution >= 4 is 0 Å². The molecule has 0 aromatic carbocycles. The van der Waals surface area contributed by atoms with Crippen molar-refractivity contribution in [2.75, 3.05) is 0 Å². The van der Waals surface area contributed by atoms with Crippen LogP contribution in [0.4, 0.5) is 0 Å². The molecular weight excluding hydrogens is 148 g/mol. The Balaban J connectivity index is 2.27. The van der Waals surface area contributed by atoms with Crippen LogP contribution in [-0.4, -0.2) is 10.7 Å². The van der Waals surface area contributed by atoms with Crippen LogP contribution < -0.4 is 0 Å². The summed E-state index contributed by atoms with van der Waals surface area (Å²) in [5.74, 6) is 0.536. The molecule has 1 nitrogen and oxygen atoms in total. The van der Waals surface area contributed by atoms with Crippen molar-refractivity contribution in [3.8, 4) is 0 Å². The molecule has 1 aliphatic carbocycles. The maximum atomic E-state index is 10.2. The average Bonchev–Trinajstić information content (AvgIpc) is 2.34. The second kappa shape index (κ2) is 4.27. The van der Waals surface area contributed by atoms with Gasteiger partial charge in [0.1, 0.15) is 0 Å². The molecule has 2 atom stereocenters. The van der Waals surface area contributed by atoms with Gasteiger partial charge >= 0.3 is 0 Å². The molecule has 0 bridgehead atoms. The SMILES string of the molecule is CCCCCC1(O)CCCC1C. The standard InChI is InChI=1S/C11H22O/c1-3-4-5-8-11(12)9-6-7-10(11)2/h10,12H,3-9H2,1-2H3. The highest BCUT2D eigenvalue weighted by Crippen LogP contribution is 2.38.